The van der Waals surface area contributed by atoms with Crippen LogP contribution in [0.15, 0.2) is 0 Å². The monoisotopic (exact) mass is 312 g/mol. The van der Waals surface area contributed by atoms with Crippen LogP contribution < -0.4 is 0 Å². The zero-order chi connectivity index (χ0) is 16.3. The highest BCUT2D eigenvalue weighted by molar-refractivity contribution is 5.80. The number of likely N-dealkylation sites (tertiary alicyclic amines) is 1. The van der Waals surface area contributed by atoms with E-state index in [0.29, 0.717) is 38.8 Å². The number of nitrogens with zero attached hydrogens (tertiary/aromatic N) is 2. The second-order valence-electron chi connectivity index (χ2n) is 6.35. The van der Waals surface area contributed by atoms with Crippen molar-refractivity contribution in [3.05, 3.63) is 0 Å². The van der Waals surface area contributed by atoms with E-state index in [0.717, 1.165) is 0 Å². The van der Waals surface area contributed by atoms with Gasteiger partial charge in [0, 0.05) is 33.1 Å². The maximum atomic E-state index is 12.3. The van der Waals surface area contributed by atoms with Crippen LogP contribution >= 0.6 is 0 Å². The molecule has 1 saturated heterocycles. The first kappa shape index (κ1) is 16.7. The highest BCUT2D eigenvalue weighted by atomic mass is 16.5. The predicted molar refractivity (Wildman–Crippen MR) is 78.1 cm³/mol. The Bertz CT molecular complexity index is 437. The number of amides is 2. The van der Waals surface area contributed by atoms with Gasteiger partial charge in [-0.2, -0.15) is 0 Å². The molecular formula is C15H24N2O5. The summed E-state index contributed by atoms with van der Waals surface area (Å²) in [5.41, 5.74) is 0. The lowest BCUT2D eigenvalue weighted by molar-refractivity contribution is -0.155. The molecule has 22 heavy (non-hydrogen) atoms. The third-order valence-electron chi connectivity index (χ3n) is 4.53. The van der Waals surface area contributed by atoms with Gasteiger partial charge in [-0.1, -0.05) is 0 Å². The number of hydrogen-bond acceptors (Lipinski definition) is 4. The molecule has 0 atom stereocenters. The molecule has 2 fully saturated rings. The van der Waals surface area contributed by atoms with Crippen LogP contribution in [-0.4, -0.2) is 72.6 Å². The Labute approximate surface area is 130 Å². The first-order valence-corrected chi connectivity index (χ1v) is 7.71. The average Bonchev–Trinajstić information content (AvgIpc) is 2.45. The average molecular weight is 312 g/mol. The van der Waals surface area contributed by atoms with Crippen LogP contribution in [0, 0.1) is 11.8 Å². The third kappa shape index (κ3) is 3.97. The summed E-state index contributed by atoms with van der Waals surface area (Å²) < 4.78 is 5.45. The first-order valence-electron chi connectivity index (χ1n) is 7.71. The summed E-state index contributed by atoms with van der Waals surface area (Å²) in [6, 6.07) is 0. The number of carboxylic acids is 1. The number of aliphatic carboxylic acids is 1. The Morgan fingerprint density at radius 1 is 1.09 bits per heavy atom. The van der Waals surface area contributed by atoms with E-state index in [1.165, 1.54) is 4.90 Å². The van der Waals surface area contributed by atoms with Crippen LogP contribution in [0.3, 0.4) is 0 Å². The topological polar surface area (TPSA) is 87.2 Å². The van der Waals surface area contributed by atoms with Gasteiger partial charge < -0.3 is 19.6 Å². The molecule has 7 heteroatoms. The van der Waals surface area contributed by atoms with Crippen LogP contribution in [0.1, 0.15) is 25.7 Å². The normalized spacial score (nSPS) is 25.5. The summed E-state index contributed by atoms with van der Waals surface area (Å²) in [5.74, 6) is -1.10. The molecule has 0 aromatic rings. The van der Waals surface area contributed by atoms with Crippen molar-refractivity contribution in [2.24, 2.45) is 11.8 Å². The molecule has 1 heterocycles. The van der Waals surface area contributed by atoms with Crippen molar-refractivity contribution < 1.29 is 24.2 Å². The fraction of sp³-hybridized carbons (Fsp3) is 0.800. The molecule has 2 rings (SSSR count). The maximum Gasteiger partial charge on any atom is 0.306 e. The molecule has 0 bridgehead atoms. The van der Waals surface area contributed by atoms with E-state index in [2.05, 4.69) is 0 Å². The SMILES string of the molecule is CN(C)C(=O)COC1CN(C(=O)C2CCC(C(=O)O)CC2)C1. The minimum absolute atomic E-state index is 0.0451. The van der Waals surface area contributed by atoms with Gasteiger partial charge in [0.05, 0.1) is 12.0 Å². The van der Waals surface area contributed by atoms with Gasteiger partial charge >= 0.3 is 5.97 Å². The Kier molecular flexibility index (Phi) is 5.39. The van der Waals surface area contributed by atoms with Gasteiger partial charge in [0.2, 0.25) is 11.8 Å². The number of hydrogen-bond donors (Lipinski definition) is 1. The van der Waals surface area contributed by atoms with E-state index in [4.69, 9.17) is 9.84 Å². The number of likely N-dealkylation sites (N-methyl/N-ethyl adjacent to an activating group) is 1. The first-order chi connectivity index (χ1) is 10.4. The fourth-order valence-corrected chi connectivity index (χ4v) is 2.89. The largest absolute Gasteiger partial charge is 0.481 e. The summed E-state index contributed by atoms with van der Waals surface area (Å²) in [4.78, 5) is 37.8. The molecule has 2 amide bonds. The number of rotatable bonds is 5. The fourth-order valence-electron chi connectivity index (χ4n) is 2.89. The van der Waals surface area contributed by atoms with E-state index in [9.17, 15) is 14.4 Å². The van der Waals surface area contributed by atoms with Crippen molar-refractivity contribution >= 4 is 17.8 Å². The molecule has 0 spiro atoms. The molecule has 0 radical (unpaired) electrons. The molecule has 2 aliphatic rings. The van der Waals surface area contributed by atoms with Crippen LogP contribution in [-0.2, 0) is 19.1 Å². The van der Waals surface area contributed by atoms with Crippen molar-refractivity contribution in [2.45, 2.75) is 31.8 Å². The number of carboxylic acid groups (broad SMARTS) is 1. The Morgan fingerprint density at radius 2 is 1.64 bits per heavy atom. The van der Waals surface area contributed by atoms with Gasteiger partial charge in [-0.15, -0.1) is 0 Å². The molecule has 0 aromatic heterocycles. The van der Waals surface area contributed by atoms with Crippen molar-refractivity contribution in [3.63, 3.8) is 0 Å². The number of carbonyl (C=O) groups excluding carboxylic acids is 2. The van der Waals surface area contributed by atoms with Gasteiger partial charge in [-0.05, 0) is 25.7 Å². The summed E-state index contributed by atoms with van der Waals surface area (Å²) >= 11 is 0. The minimum atomic E-state index is -0.756. The van der Waals surface area contributed by atoms with E-state index in [1.54, 1.807) is 19.0 Å². The number of ether oxygens (including phenoxy) is 1. The molecule has 124 valence electrons. The van der Waals surface area contributed by atoms with E-state index >= 15 is 0 Å². The molecule has 7 nitrogen and oxygen atoms in total. The van der Waals surface area contributed by atoms with Crippen molar-refractivity contribution in [3.8, 4) is 0 Å². The highest BCUT2D eigenvalue weighted by Gasteiger charge is 2.37. The molecule has 1 aliphatic carbocycles. The molecule has 1 aliphatic heterocycles. The summed E-state index contributed by atoms with van der Waals surface area (Å²) in [7, 11) is 3.35. The summed E-state index contributed by atoms with van der Waals surface area (Å²) in [6.07, 6.45) is 2.39. The standard InChI is InChI=1S/C15H24N2O5/c1-16(2)13(18)9-22-12-7-17(8-12)14(19)10-3-5-11(6-4-10)15(20)21/h10-12H,3-9H2,1-2H3,(H,20,21). The third-order valence-corrected chi connectivity index (χ3v) is 4.53. The second kappa shape index (κ2) is 7.09. The quantitative estimate of drug-likeness (QED) is 0.783. The number of carbonyl (C=O) groups is 3. The van der Waals surface area contributed by atoms with Crippen molar-refractivity contribution in [2.75, 3.05) is 33.8 Å². The van der Waals surface area contributed by atoms with E-state index in [1.807, 2.05) is 0 Å². The zero-order valence-electron chi connectivity index (χ0n) is 13.2. The van der Waals surface area contributed by atoms with Gasteiger partial charge in [0.15, 0.2) is 0 Å². The maximum absolute atomic E-state index is 12.3. The molecular weight excluding hydrogens is 288 g/mol. The van der Waals surface area contributed by atoms with Crippen molar-refractivity contribution in [1.29, 1.82) is 0 Å². The van der Waals surface area contributed by atoms with Gasteiger partial charge in [-0.25, -0.2) is 0 Å². The van der Waals surface area contributed by atoms with Gasteiger partial charge in [-0.3, -0.25) is 14.4 Å². The zero-order valence-corrected chi connectivity index (χ0v) is 13.2. The van der Waals surface area contributed by atoms with Gasteiger partial charge in [0.25, 0.3) is 0 Å². The van der Waals surface area contributed by atoms with Crippen LogP contribution in [0.4, 0.5) is 0 Å². The minimum Gasteiger partial charge on any atom is -0.481 e. The lowest BCUT2D eigenvalue weighted by Gasteiger charge is -2.41. The molecule has 1 saturated carbocycles. The van der Waals surface area contributed by atoms with Crippen LogP contribution in [0.2, 0.25) is 0 Å². The van der Waals surface area contributed by atoms with Crippen LogP contribution in [0.25, 0.3) is 0 Å². The predicted octanol–water partition coefficient (Wildman–Crippen LogP) is 0.193. The lowest BCUT2D eigenvalue weighted by Crippen LogP contribution is -2.57. The van der Waals surface area contributed by atoms with Gasteiger partial charge in [0.1, 0.15) is 6.61 Å². The highest BCUT2D eigenvalue weighted by Crippen LogP contribution is 2.31. The second-order valence-corrected chi connectivity index (χ2v) is 6.35. The van der Waals surface area contributed by atoms with E-state index in [-0.39, 0.29) is 36.4 Å². The molecule has 1 N–H and O–H groups in total. The smallest absolute Gasteiger partial charge is 0.306 e. The molecule has 0 unspecified atom stereocenters. The van der Waals surface area contributed by atoms with E-state index < -0.39 is 5.97 Å². The Morgan fingerprint density at radius 3 is 2.14 bits per heavy atom. The molecule has 0 aromatic carbocycles. The Balaban J connectivity index is 1.67. The van der Waals surface area contributed by atoms with Crippen LogP contribution in [0.5, 0.6) is 0 Å². The summed E-state index contributed by atoms with van der Waals surface area (Å²) in [5, 5.41) is 8.96. The Hall–Kier alpha value is -1.63. The summed E-state index contributed by atoms with van der Waals surface area (Å²) in [6.45, 7) is 1.10. The van der Waals surface area contributed by atoms with Crippen molar-refractivity contribution in [1.82, 2.24) is 9.80 Å². The lowest BCUT2D eigenvalue weighted by atomic mass is 9.81.